The minimum absolute atomic E-state index is 0.235. The summed E-state index contributed by atoms with van der Waals surface area (Å²) in [5.41, 5.74) is 3.74. The second-order valence-electron chi connectivity index (χ2n) is 5.81. The molecule has 25 heavy (non-hydrogen) atoms. The van der Waals surface area contributed by atoms with Crippen molar-refractivity contribution in [2.45, 2.75) is 20.0 Å². The Labute approximate surface area is 147 Å². The Bertz CT molecular complexity index is 832. The summed E-state index contributed by atoms with van der Waals surface area (Å²) < 4.78 is 0. The maximum absolute atomic E-state index is 12.1. The van der Waals surface area contributed by atoms with Crippen molar-refractivity contribution < 1.29 is 4.79 Å². The van der Waals surface area contributed by atoms with Crippen LogP contribution in [0.1, 0.15) is 27.2 Å². The first-order valence-corrected chi connectivity index (χ1v) is 8.16. The van der Waals surface area contributed by atoms with Crippen LogP contribution in [0.3, 0.4) is 0 Å². The van der Waals surface area contributed by atoms with Crippen molar-refractivity contribution in [2.24, 2.45) is 0 Å². The summed E-state index contributed by atoms with van der Waals surface area (Å²) in [5.74, 6) is 0.405. The standard InChI is InChI=1S/C20H20N4O/c1-15-6-5-9-17(12-15)14-21-19-11-10-18(23-24-19)20(25)22-13-16-7-3-2-4-8-16/h2-12H,13-14H2,1H3,(H,21,24)(H,22,25). The van der Waals surface area contributed by atoms with Gasteiger partial charge < -0.3 is 10.6 Å². The molecule has 0 saturated heterocycles. The third-order valence-corrected chi connectivity index (χ3v) is 3.75. The number of carbonyl (C=O) groups excluding carboxylic acids is 1. The number of amides is 1. The fourth-order valence-electron chi connectivity index (χ4n) is 2.43. The van der Waals surface area contributed by atoms with Crippen LogP contribution >= 0.6 is 0 Å². The number of hydrogen-bond donors (Lipinski definition) is 2. The van der Waals surface area contributed by atoms with Gasteiger partial charge in [0.05, 0.1) is 0 Å². The van der Waals surface area contributed by atoms with Crippen molar-refractivity contribution in [1.29, 1.82) is 0 Å². The molecule has 1 aromatic heterocycles. The molecule has 1 amide bonds. The van der Waals surface area contributed by atoms with Gasteiger partial charge in [-0.3, -0.25) is 4.79 Å². The summed E-state index contributed by atoms with van der Waals surface area (Å²) in [5, 5.41) is 14.1. The first kappa shape index (κ1) is 16.6. The number of aromatic nitrogens is 2. The van der Waals surface area contributed by atoms with Crippen LogP contribution < -0.4 is 10.6 Å². The Morgan fingerprint density at radius 2 is 1.68 bits per heavy atom. The van der Waals surface area contributed by atoms with E-state index >= 15 is 0 Å². The number of carbonyl (C=O) groups is 1. The molecular weight excluding hydrogens is 312 g/mol. The summed E-state index contributed by atoms with van der Waals surface area (Å²) in [6, 6.07) is 21.4. The lowest BCUT2D eigenvalue weighted by Gasteiger charge is -2.07. The van der Waals surface area contributed by atoms with Gasteiger partial charge in [0.15, 0.2) is 5.69 Å². The van der Waals surface area contributed by atoms with E-state index in [0.29, 0.717) is 24.6 Å². The van der Waals surface area contributed by atoms with E-state index in [1.165, 1.54) is 11.1 Å². The SMILES string of the molecule is Cc1cccc(CNc2ccc(C(=O)NCc3ccccc3)nn2)c1. The molecule has 0 aliphatic heterocycles. The first-order chi connectivity index (χ1) is 12.2. The van der Waals surface area contributed by atoms with Crippen molar-refractivity contribution in [2.75, 3.05) is 5.32 Å². The minimum Gasteiger partial charge on any atom is -0.365 e. The molecule has 126 valence electrons. The highest BCUT2D eigenvalue weighted by atomic mass is 16.1. The highest BCUT2D eigenvalue weighted by molar-refractivity contribution is 5.92. The second-order valence-corrected chi connectivity index (χ2v) is 5.81. The van der Waals surface area contributed by atoms with Gasteiger partial charge >= 0.3 is 0 Å². The molecule has 0 radical (unpaired) electrons. The lowest BCUT2D eigenvalue weighted by atomic mass is 10.1. The molecule has 0 unspecified atom stereocenters. The van der Waals surface area contributed by atoms with Gasteiger partial charge in [0.2, 0.25) is 0 Å². The van der Waals surface area contributed by atoms with E-state index in [-0.39, 0.29) is 5.91 Å². The lowest BCUT2D eigenvalue weighted by Crippen LogP contribution is -2.24. The third-order valence-electron chi connectivity index (χ3n) is 3.75. The molecule has 0 aliphatic rings. The van der Waals surface area contributed by atoms with E-state index in [0.717, 1.165) is 5.56 Å². The average Bonchev–Trinajstić information content (AvgIpc) is 2.66. The van der Waals surface area contributed by atoms with E-state index < -0.39 is 0 Å². The number of aryl methyl sites for hydroxylation is 1. The highest BCUT2D eigenvalue weighted by Crippen LogP contribution is 2.08. The van der Waals surface area contributed by atoms with Gasteiger partial charge in [-0.15, -0.1) is 10.2 Å². The average molecular weight is 332 g/mol. The maximum Gasteiger partial charge on any atom is 0.272 e. The fraction of sp³-hybridized carbons (Fsp3) is 0.150. The topological polar surface area (TPSA) is 66.9 Å². The summed E-state index contributed by atoms with van der Waals surface area (Å²) >= 11 is 0. The Hall–Kier alpha value is -3.21. The van der Waals surface area contributed by atoms with Gasteiger partial charge in [-0.05, 0) is 30.2 Å². The van der Waals surface area contributed by atoms with Crippen LogP contribution in [0, 0.1) is 6.92 Å². The number of hydrogen-bond acceptors (Lipinski definition) is 4. The number of benzene rings is 2. The zero-order valence-electron chi connectivity index (χ0n) is 14.1. The molecule has 1 heterocycles. The molecular formula is C20H20N4O. The van der Waals surface area contributed by atoms with Crippen molar-refractivity contribution in [3.05, 3.63) is 89.1 Å². The third kappa shape index (κ3) is 4.88. The second kappa shape index (κ2) is 8.06. The number of nitrogens with one attached hydrogen (secondary N) is 2. The monoisotopic (exact) mass is 332 g/mol. The van der Waals surface area contributed by atoms with Crippen LogP contribution in [0.4, 0.5) is 5.82 Å². The van der Waals surface area contributed by atoms with Gasteiger partial charge in [-0.25, -0.2) is 0 Å². The Morgan fingerprint density at radius 3 is 2.40 bits per heavy atom. The van der Waals surface area contributed by atoms with Crippen molar-refractivity contribution in [1.82, 2.24) is 15.5 Å². The summed E-state index contributed by atoms with van der Waals surface area (Å²) in [6.07, 6.45) is 0. The molecule has 3 aromatic rings. The van der Waals surface area contributed by atoms with Crippen LogP contribution in [0.2, 0.25) is 0 Å². The van der Waals surface area contributed by atoms with E-state index in [4.69, 9.17) is 0 Å². The smallest absolute Gasteiger partial charge is 0.272 e. The van der Waals surface area contributed by atoms with Gasteiger partial charge in [0, 0.05) is 13.1 Å². The molecule has 3 rings (SSSR count). The van der Waals surface area contributed by atoms with Crippen molar-refractivity contribution >= 4 is 11.7 Å². The van der Waals surface area contributed by atoms with E-state index in [9.17, 15) is 4.79 Å². The minimum atomic E-state index is -0.235. The van der Waals surface area contributed by atoms with Crippen molar-refractivity contribution in [3.63, 3.8) is 0 Å². The molecule has 0 saturated carbocycles. The summed E-state index contributed by atoms with van der Waals surface area (Å²) in [6.45, 7) is 3.19. The van der Waals surface area contributed by atoms with Gasteiger partial charge in [-0.1, -0.05) is 60.2 Å². The summed E-state index contributed by atoms with van der Waals surface area (Å²) in [4.78, 5) is 12.1. The van der Waals surface area contributed by atoms with Crippen molar-refractivity contribution in [3.8, 4) is 0 Å². The van der Waals surface area contributed by atoms with Crippen LogP contribution in [0.25, 0.3) is 0 Å². The largest absolute Gasteiger partial charge is 0.365 e. The molecule has 5 heteroatoms. The quantitative estimate of drug-likeness (QED) is 0.726. The normalized spacial score (nSPS) is 10.3. The highest BCUT2D eigenvalue weighted by Gasteiger charge is 2.08. The Morgan fingerprint density at radius 1 is 0.880 bits per heavy atom. The van der Waals surface area contributed by atoms with E-state index in [1.54, 1.807) is 12.1 Å². The summed E-state index contributed by atoms with van der Waals surface area (Å²) in [7, 11) is 0. The van der Waals surface area contributed by atoms with E-state index in [1.807, 2.05) is 36.4 Å². The Kier molecular flexibility index (Phi) is 5.36. The van der Waals surface area contributed by atoms with Crippen LogP contribution in [0.15, 0.2) is 66.7 Å². The molecule has 0 spiro atoms. The number of nitrogens with zero attached hydrogens (tertiary/aromatic N) is 2. The number of anilines is 1. The molecule has 2 aromatic carbocycles. The van der Waals surface area contributed by atoms with Gasteiger partial charge in [-0.2, -0.15) is 0 Å². The van der Waals surface area contributed by atoms with Gasteiger partial charge in [0.1, 0.15) is 5.82 Å². The zero-order valence-corrected chi connectivity index (χ0v) is 14.1. The van der Waals surface area contributed by atoms with Crippen LogP contribution in [-0.4, -0.2) is 16.1 Å². The molecule has 5 nitrogen and oxygen atoms in total. The first-order valence-electron chi connectivity index (χ1n) is 8.16. The fourth-order valence-corrected chi connectivity index (χ4v) is 2.43. The Balaban J connectivity index is 1.53. The van der Waals surface area contributed by atoms with Crippen LogP contribution in [-0.2, 0) is 13.1 Å². The predicted octanol–water partition coefficient (Wildman–Crippen LogP) is 3.33. The van der Waals surface area contributed by atoms with E-state index in [2.05, 4.69) is 46.0 Å². The van der Waals surface area contributed by atoms with Crippen LogP contribution in [0.5, 0.6) is 0 Å². The maximum atomic E-state index is 12.1. The molecule has 0 fully saturated rings. The molecule has 0 atom stereocenters. The number of rotatable bonds is 6. The predicted molar refractivity (Wildman–Crippen MR) is 98.1 cm³/mol. The molecule has 0 aliphatic carbocycles. The zero-order chi connectivity index (χ0) is 17.5. The molecule has 2 N–H and O–H groups in total. The van der Waals surface area contributed by atoms with Gasteiger partial charge in [0.25, 0.3) is 5.91 Å². The lowest BCUT2D eigenvalue weighted by molar-refractivity contribution is 0.0945. The molecule has 0 bridgehead atoms.